The van der Waals surface area contributed by atoms with E-state index in [1.54, 1.807) is 6.07 Å². The summed E-state index contributed by atoms with van der Waals surface area (Å²) in [5.74, 6) is 0.804. The van der Waals surface area contributed by atoms with E-state index in [4.69, 9.17) is 16.3 Å². The largest absolute Gasteiger partial charge is 0.482 e. The number of rotatable bonds is 5. The average molecular weight is 349 g/mol. The Labute approximate surface area is 127 Å². The molecule has 1 aromatic rings. The first kappa shape index (κ1) is 16.3. The predicted octanol–water partition coefficient (Wildman–Crippen LogP) is 3.95. The molecule has 0 aliphatic heterocycles. The summed E-state index contributed by atoms with van der Waals surface area (Å²) < 4.78 is 6.39. The molecular formula is C14H19BrClNO2. The third kappa shape index (κ3) is 5.03. The molecule has 0 aliphatic carbocycles. The summed E-state index contributed by atoms with van der Waals surface area (Å²) >= 11 is 9.44. The molecule has 0 unspecified atom stereocenters. The van der Waals surface area contributed by atoms with Gasteiger partial charge in [0.1, 0.15) is 5.75 Å². The summed E-state index contributed by atoms with van der Waals surface area (Å²) in [6.45, 7) is 7.95. The Hall–Kier alpha value is -0.740. The second kappa shape index (κ2) is 7.15. The fourth-order valence-electron chi connectivity index (χ4n) is 1.47. The van der Waals surface area contributed by atoms with Crippen molar-refractivity contribution in [3.05, 3.63) is 27.2 Å². The second-order valence-electron chi connectivity index (χ2n) is 4.92. The molecule has 0 fully saturated rings. The first-order valence-electron chi connectivity index (χ1n) is 6.19. The van der Waals surface area contributed by atoms with Crippen LogP contribution in [0, 0.1) is 12.8 Å². The fraction of sp³-hybridized carbons (Fsp3) is 0.500. The van der Waals surface area contributed by atoms with E-state index in [0.717, 1.165) is 10.0 Å². The zero-order valence-corrected chi connectivity index (χ0v) is 13.9. The number of benzene rings is 1. The quantitative estimate of drug-likeness (QED) is 0.875. The van der Waals surface area contributed by atoms with Gasteiger partial charge in [-0.3, -0.25) is 4.79 Å². The number of aryl methyl sites for hydroxylation is 1. The van der Waals surface area contributed by atoms with Gasteiger partial charge in [-0.2, -0.15) is 0 Å². The summed E-state index contributed by atoms with van der Waals surface area (Å²) in [4.78, 5) is 11.7. The average Bonchev–Trinajstić information content (AvgIpc) is 2.27. The standard InChI is InChI=1S/C14H19BrClNO2/c1-8(2)10(4)17-13(18)7-19-14-9(3)5-11(15)6-12(14)16/h5-6,8,10H,7H2,1-4H3,(H,17,18)/t10-/m0/s1. The molecule has 0 aliphatic rings. The normalized spacial score (nSPS) is 12.4. The van der Waals surface area contributed by atoms with Crippen molar-refractivity contribution in [1.29, 1.82) is 0 Å². The molecule has 0 spiro atoms. The SMILES string of the molecule is Cc1cc(Br)cc(Cl)c1OCC(=O)N[C@@H](C)C(C)C. The summed E-state index contributed by atoms with van der Waals surface area (Å²) in [6, 6.07) is 3.77. The summed E-state index contributed by atoms with van der Waals surface area (Å²) in [6.07, 6.45) is 0. The molecule has 1 aromatic carbocycles. The van der Waals surface area contributed by atoms with Gasteiger partial charge >= 0.3 is 0 Å². The summed E-state index contributed by atoms with van der Waals surface area (Å²) in [5.41, 5.74) is 0.893. The highest BCUT2D eigenvalue weighted by molar-refractivity contribution is 9.10. The number of ether oxygens (including phenoxy) is 1. The van der Waals surface area contributed by atoms with Crippen molar-refractivity contribution in [2.75, 3.05) is 6.61 Å². The second-order valence-corrected chi connectivity index (χ2v) is 6.25. The van der Waals surface area contributed by atoms with Gasteiger partial charge in [-0.1, -0.05) is 41.4 Å². The van der Waals surface area contributed by atoms with Crippen LogP contribution in [-0.2, 0) is 4.79 Å². The molecule has 0 heterocycles. The lowest BCUT2D eigenvalue weighted by atomic mass is 10.1. The number of carbonyl (C=O) groups is 1. The first-order chi connectivity index (χ1) is 8.81. The Bertz CT molecular complexity index is 440. The highest BCUT2D eigenvalue weighted by Crippen LogP contribution is 2.31. The maximum atomic E-state index is 11.7. The number of halogens is 2. The molecule has 0 radical (unpaired) electrons. The minimum atomic E-state index is -0.139. The fourth-order valence-corrected chi connectivity index (χ4v) is 2.50. The zero-order chi connectivity index (χ0) is 14.6. The van der Waals surface area contributed by atoms with Crippen molar-refractivity contribution in [1.82, 2.24) is 5.32 Å². The van der Waals surface area contributed by atoms with E-state index in [1.165, 1.54) is 0 Å². The molecule has 106 valence electrons. The van der Waals surface area contributed by atoms with Crippen molar-refractivity contribution in [2.45, 2.75) is 33.7 Å². The van der Waals surface area contributed by atoms with E-state index in [2.05, 4.69) is 35.1 Å². The minimum absolute atomic E-state index is 0.0285. The molecule has 0 bridgehead atoms. The lowest BCUT2D eigenvalue weighted by Gasteiger charge is -2.18. The number of amides is 1. The van der Waals surface area contributed by atoms with Crippen LogP contribution in [0.4, 0.5) is 0 Å². The Kier molecular flexibility index (Phi) is 6.14. The van der Waals surface area contributed by atoms with Crippen LogP contribution >= 0.6 is 27.5 Å². The van der Waals surface area contributed by atoms with Gasteiger partial charge < -0.3 is 10.1 Å². The maximum Gasteiger partial charge on any atom is 0.258 e. The van der Waals surface area contributed by atoms with Gasteiger partial charge in [-0.15, -0.1) is 0 Å². The molecule has 1 rings (SSSR count). The first-order valence-corrected chi connectivity index (χ1v) is 7.36. The van der Waals surface area contributed by atoms with Crippen molar-refractivity contribution in [3.63, 3.8) is 0 Å². The van der Waals surface area contributed by atoms with E-state index < -0.39 is 0 Å². The smallest absolute Gasteiger partial charge is 0.258 e. The van der Waals surface area contributed by atoms with Crippen LogP contribution in [0.2, 0.25) is 5.02 Å². The molecule has 1 N–H and O–H groups in total. The predicted molar refractivity (Wildman–Crippen MR) is 81.8 cm³/mol. The van der Waals surface area contributed by atoms with E-state index in [9.17, 15) is 4.79 Å². The molecular weight excluding hydrogens is 330 g/mol. The van der Waals surface area contributed by atoms with Crippen molar-refractivity contribution >= 4 is 33.4 Å². The highest BCUT2D eigenvalue weighted by atomic mass is 79.9. The van der Waals surface area contributed by atoms with Crippen LogP contribution in [-0.4, -0.2) is 18.6 Å². The van der Waals surface area contributed by atoms with Gasteiger partial charge in [0.15, 0.2) is 6.61 Å². The van der Waals surface area contributed by atoms with Gasteiger partial charge in [-0.05, 0) is 37.5 Å². The van der Waals surface area contributed by atoms with Crippen LogP contribution in [0.15, 0.2) is 16.6 Å². The number of hydrogen-bond acceptors (Lipinski definition) is 2. The topological polar surface area (TPSA) is 38.3 Å². The van der Waals surface area contributed by atoms with Crippen molar-refractivity contribution < 1.29 is 9.53 Å². The molecule has 1 amide bonds. The van der Waals surface area contributed by atoms with Crippen LogP contribution in [0.1, 0.15) is 26.3 Å². The van der Waals surface area contributed by atoms with Gasteiger partial charge in [0.2, 0.25) is 0 Å². The lowest BCUT2D eigenvalue weighted by Crippen LogP contribution is -2.39. The van der Waals surface area contributed by atoms with Crippen molar-refractivity contribution in [3.8, 4) is 5.75 Å². The monoisotopic (exact) mass is 347 g/mol. The Morgan fingerprint density at radius 3 is 2.58 bits per heavy atom. The van der Waals surface area contributed by atoms with E-state index in [1.807, 2.05) is 19.9 Å². The van der Waals surface area contributed by atoms with E-state index in [0.29, 0.717) is 16.7 Å². The van der Waals surface area contributed by atoms with Gasteiger partial charge in [-0.25, -0.2) is 0 Å². The Balaban J connectivity index is 2.60. The molecule has 0 saturated heterocycles. The molecule has 1 atom stereocenters. The van der Waals surface area contributed by atoms with Crippen LogP contribution in [0.25, 0.3) is 0 Å². The number of carbonyl (C=O) groups excluding carboxylic acids is 1. The van der Waals surface area contributed by atoms with Crippen LogP contribution in [0.3, 0.4) is 0 Å². The summed E-state index contributed by atoms with van der Waals surface area (Å²) in [5, 5.41) is 3.38. The van der Waals surface area contributed by atoms with Gasteiger partial charge in [0.05, 0.1) is 5.02 Å². The maximum absolute atomic E-state index is 11.7. The summed E-state index contributed by atoms with van der Waals surface area (Å²) in [7, 11) is 0. The van der Waals surface area contributed by atoms with Gasteiger partial charge in [0, 0.05) is 10.5 Å². The number of hydrogen-bond donors (Lipinski definition) is 1. The van der Waals surface area contributed by atoms with Crippen molar-refractivity contribution in [2.24, 2.45) is 5.92 Å². The molecule has 5 heteroatoms. The Morgan fingerprint density at radius 2 is 2.05 bits per heavy atom. The third-order valence-electron chi connectivity index (χ3n) is 2.93. The third-order valence-corrected chi connectivity index (χ3v) is 3.67. The Morgan fingerprint density at radius 1 is 1.42 bits per heavy atom. The lowest BCUT2D eigenvalue weighted by molar-refractivity contribution is -0.124. The van der Waals surface area contributed by atoms with Gasteiger partial charge in [0.25, 0.3) is 5.91 Å². The molecule has 19 heavy (non-hydrogen) atoms. The van der Waals surface area contributed by atoms with Crippen LogP contribution < -0.4 is 10.1 Å². The molecule has 0 saturated carbocycles. The van der Waals surface area contributed by atoms with E-state index in [-0.39, 0.29) is 18.6 Å². The van der Waals surface area contributed by atoms with E-state index >= 15 is 0 Å². The zero-order valence-electron chi connectivity index (χ0n) is 11.6. The molecule has 0 aromatic heterocycles. The minimum Gasteiger partial charge on any atom is -0.482 e. The van der Waals surface area contributed by atoms with Crippen LogP contribution in [0.5, 0.6) is 5.75 Å². The molecule has 3 nitrogen and oxygen atoms in total. The number of nitrogens with one attached hydrogen (secondary N) is 1. The highest BCUT2D eigenvalue weighted by Gasteiger charge is 2.13.